The average molecular weight is 508 g/mol. The molecule has 4 aliphatic rings. The molecule has 184 valence electrons. The molecule has 4 aromatic carbocycles. The first kappa shape index (κ1) is 21.4. The van der Waals surface area contributed by atoms with E-state index in [4.69, 9.17) is 0 Å². The third kappa shape index (κ3) is 2.34. The molecule has 2 nitrogen and oxygen atoms in total. The van der Waals surface area contributed by atoms with Gasteiger partial charge in [0.25, 0.3) is 6.71 Å². The predicted octanol–water partition coefficient (Wildman–Crippen LogP) is 7.26. The molecule has 4 heteroatoms. The number of thiophene rings is 1. The number of hydrogen-bond donors (Lipinski definition) is 0. The summed E-state index contributed by atoms with van der Waals surface area (Å²) < 4.78 is 2.85. The highest BCUT2D eigenvalue weighted by Crippen LogP contribution is 2.62. The van der Waals surface area contributed by atoms with E-state index >= 15 is 0 Å². The van der Waals surface area contributed by atoms with Crippen molar-refractivity contribution in [1.82, 2.24) is 0 Å². The van der Waals surface area contributed by atoms with Crippen LogP contribution in [-0.4, -0.2) is 12.3 Å². The normalized spacial score (nSPS) is 24.2. The smallest absolute Gasteiger partial charge is 0.264 e. The minimum Gasteiger partial charge on any atom is -0.335 e. The summed E-state index contributed by atoms with van der Waals surface area (Å²) in [6.07, 6.45) is 5.12. The van der Waals surface area contributed by atoms with Gasteiger partial charge in [0, 0.05) is 43.0 Å². The fourth-order valence-corrected chi connectivity index (χ4v) is 9.80. The van der Waals surface area contributed by atoms with E-state index in [0.717, 1.165) is 0 Å². The van der Waals surface area contributed by atoms with Crippen LogP contribution in [0.5, 0.6) is 0 Å². The summed E-state index contributed by atoms with van der Waals surface area (Å²) in [6, 6.07) is 34.3. The Morgan fingerprint density at radius 2 is 1.50 bits per heavy atom. The highest BCUT2D eigenvalue weighted by molar-refractivity contribution is 7.33. The molecule has 1 fully saturated rings. The molecule has 38 heavy (non-hydrogen) atoms. The molecule has 2 atom stereocenters. The number of hydrogen-bond acceptors (Lipinski definition) is 3. The fraction of sp³-hybridized carbons (Fsp3) is 0.235. The van der Waals surface area contributed by atoms with Gasteiger partial charge in [0.1, 0.15) is 0 Å². The van der Waals surface area contributed by atoms with Crippen LogP contribution >= 0.6 is 11.3 Å². The minimum atomic E-state index is 0.0851. The molecule has 0 N–H and O–H groups in total. The molecule has 1 saturated carbocycles. The lowest BCUT2D eigenvalue weighted by atomic mass is 9.36. The van der Waals surface area contributed by atoms with Crippen molar-refractivity contribution in [2.24, 2.45) is 0 Å². The van der Waals surface area contributed by atoms with Gasteiger partial charge in [-0.15, -0.1) is 11.3 Å². The highest BCUT2D eigenvalue weighted by Gasteiger charge is 2.61. The lowest BCUT2D eigenvalue weighted by Crippen LogP contribution is -2.63. The first-order chi connectivity index (χ1) is 18.6. The molecular formula is C34H29BN2S. The lowest BCUT2D eigenvalue weighted by Gasteiger charge is -2.52. The molecule has 9 rings (SSSR count). The summed E-state index contributed by atoms with van der Waals surface area (Å²) in [7, 11) is 0. The van der Waals surface area contributed by atoms with Crippen molar-refractivity contribution in [2.75, 3.05) is 9.80 Å². The SMILES string of the molecule is CC12CCCCC1(C)N1c3ccccc3B3c4sc5ccccc5c4N(c4ccccc4)c4ccc2c1c43. The number of nitrogens with zero attached hydrogens (tertiary/aromatic N) is 2. The van der Waals surface area contributed by atoms with Crippen molar-refractivity contribution in [3.8, 4) is 0 Å². The summed E-state index contributed by atoms with van der Waals surface area (Å²) in [5.41, 5.74) is 11.7. The quantitative estimate of drug-likeness (QED) is 0.216. The van der Waals surface area contributed by atoms with Gasteiger partial charge in [-0.1, -0.05) is 80.4 Å². The molecular weight excluding hydrogens is 479 g/mol. The molecule has 0 saturated heterocycles. The van der Waals surface area contributed by atoms with Crippen LogP contribution in [0, 0.1) is 0 Å². The molecule has 1 aromatic heterocycles. The lowest BCUT2D eigenvalue weighted by molar-refractivity contribution is 0.195. The summed E-state index contributed by atoms with van der Waals surface area (Å²) in [6.45, 7) is 5.37. The van der Waals surface area contributed by atoms with Crippen LogP contribution < -0.4 is 25.5 Å². The van der Waals surface area contributed by atoms with Crippen molar-refractivity contribution in [2.45, 2.75) is 50.5 Å². The second-order valence-electron chi connectivity index (χ2n) is 12.0. The summed E-state index contributed by atoms with van der Waals surface area (Å²) in [5.74, 6) is 0. The molecule has 0 bridgehead atoms. The molecule has 0 radical (unpaired) electrons. The number of anilines is 5. The van der Waals surface area contributed by atoms with Crippen LogP contribution in [0.3, 0.4) is 0 Å². The van der Waals surface area contributed by atoms with Crippen molar-refractivity contribution in [3.63, 3.8) is 0 Å². The predicted molar refractivity (Wildman–Crippen MR) is 164 cm³/mol. The third-order valence-corrected chi connectivity index (χ3v) is 11.6. The zero-order valence-electron chi connectivity index (χ0n) is 21.9. The molecule has 4 heterocycles. The Bertz CT molecular complexity index is 1790. The fourth-order valence-electron chi connectivity index (χ4n) is 8.48. The zero-order chi connectivity index (χ0) is 25.2. The van der Waals surface area contributed by atoms with Crippen molar-refractivity contribution in [1.29, 1.82) is 0 Å². The van der Waals surface area contributed by atoms with Gasteiger partial charge >= 0.3 is 0 Å². The van der Waals surface area contributed by atoms with Gasteiger partial charge < -0.3 is 9.80 Å². The average Bonchev–Trinajstić information content (AvgIpc) is 3.43. The van der Waals surface area contributed by atoms with Crippen molar-refractivity contribution < 1.29 is 0 Å². The van der Waals surface area contributed by atoms with Gasteiger partial charge in [-0.25, -0.2) is 0 Å². The second kappa shape index (κ2) is 7.12. The maximum atomic E-state index is 2.80. The Kier molecular flexibility index (Phi) is 4.02. The Balaban J connectivity index is 1.45. The van der Waals surface area contributed by atoms with Gasteiger partial charge in [-0.2, -0.15) is 0 Å². The van der Waals surface area contributed by atoms with Crippen molar-refractivity contribution >= 4 is 72.3 Å². The van der Waals surface area contributed by atoms with E-state index in [1.165, 1.54) is 79.9 Å². The Morgan fingerprint density at radius 1 is 0.737 bits per heavy atom. The van der Waals surface area contributed by atoms with Crippen LogP contribution in [0.2, 0.25) is 0 Å². The number of benzene rings is 4. The van der Waals surface area contributed by atoms with Gasteiger partial charge in [-0.05, 0) is 66.6 Å². The van der Waals surface area contributed by atoms with Gasteiger partial charge in [0.05, 0.1) is 11.2 Å². The Labute approximate surface area is 228 Å². The van der Waals surface area contributed by atoms with Crippen LogP contribution in [0.15, 0.2) is 91.0 Å². The molecule has 2 unspecified atom stereocenters. The Hall–Kier alpha value is -3.50. The third-order valence-electron chi connectivity index (χ3n) is 10.4. The van der Waals surface area contributed by atoms with Crippen LogP contribution in [0.1, 0.15) is 45.1 Å². The van der Waals surface area contributed by atoms with Crippen molar-refractivity contribution in [3.05, 3.63) is 96.6 Å². The molecule has 3 aliphatic heterocycles. The first-order valence-corrected chi connectivity index (χ1v) is 14.9. The Morgan fingerprint density at radius 3 is 2.39 bits per heavy atom. The van der Waals surface area contributed by atoms with Gasteiger partial charge in [-0.3, -0.25) is 0 Å². The highest BCUT2D eigenvalue weighted by atomic mass is 32.1. The maximum Gasteiger partial charge on any atom is 0.264 e. The van der Waals surface area contributed by atoms with Gasteiger partial charge in [0.2, 0.25) is 0 Å². The van der Waals surface area contributed by atoms with E-state index < -0.39 is 0 Å². The minimum absolute atomic E-state index is 0.0851. The zero-order valence-corrected chi connectivity index (χ0v) is 22.7. The molecule has 0 spiro atoms. The summed E-state index contributed by atoms with van der Waals surface area (Å²) >= 11 is 1.99. The van der Waals surface area contributed by atoms with Crippen LogP contribution in [0.25, 0.3) is 10.1 Å². The number of fused-ring (bicyclic) bond motifs is 10. The number of para-hydroxylation sites is 2. The summed E-state index contributed by atoms with van der Waals surface area (Å²) in [4.78, 5) is 5.37. The first-order valence-electron chi connectivity index (χ1n) is 14.0. The van der Waals surface area contributed by atoms with Crippen LogP contribution in [-0.2, 0) is 5.41 Å². The van der Waals surface area contributed by atoms with E-state index in [-0.39, 0.29) is 17.7 Å². The van der Waals surface area contributed by atoms with E-state index in [1.807, 2.05) is 11.3 Å². The van der Waals surface area contributed by atoms with E-state index in [2.05, 4.69) is 115 Å². The topological polar surface area (TPSA) is 6.48 Å². The number of rotatable bonds is 1. The maximum absolute atomic E-state index is 2.80. The van der Waals surface area contributed by atoms with E-state index in [9.17, 15) is 0 Å². The summed E-state index contributed by atoms with van der Waals surface area (Å²) in [5, 5.41) is 1.36. The van der Waals surface area contributed by atoms with E-state index in [0.29, 0.717) is 0 Å². The van der Waals surface area contributed by atoms with Crippen LogP contribution in [0.4, 0.5) is 28.4 Å². The monoisotopic (exact) mass is 508 g/mol. The molecule has 5 aromatic rings. The molecule has 0 amide bonds. The van der Waals surface area contributed by atoms with E-state index in [1.54, 1.807) is 5.56 Å². The molecule has 1 aliphatic carbocycles. The standard InChI is InChI=1S/C34H29BN2S/c1-33-20-10-11-21-34(33,2)37-26-16-8-7-15-25(26)35-29-27(19-18-24(33)31(29)37)36(22-12-4-3-5-13-22)30-23-14-6-9-17-28(23)38-32(30)35/h3-9,12-19H,10-11,20-21H2,1-2H3. The second-order valence-corrected chi connectivity index (χ2v) is 13.1. The largest absolute Gasteiger partial charge is 0.335 e. The van der Waals surface area contributed by atoms with Gasteiger partial charge in [0.15, 0.2) is 0 Å².